The van der Waals surface area contributed by atoms with E-state index in [1.54, 1.807) is 18.2 Å². The quantitative estimate of drug-likeness (QED) is 0.855. The van der Waals surface area contributed by atoms with Gasteiger partial charge in [0.15, 0.2) is 6.61 Å². The maximum atomic E-state index is 12.1. The number of ether oxygens (including phenoxy) is 2. The van der Waals surface area contributed by atoms with Crippen LogP contribution in [0.2, 0.25) is 0 Å². The van der Waals surface area contributed by atoms with E-state index in [0.29, 0.717) is 36.8 Å². The molecule has 0 spiro atoms. The lowest BCUT2D eigenvalue weighted by Crippen LogP contribution is -2.48. The number of carbonyl (C=O) groups excluding carboxylic acids is 2. The first kappa shape index (κ1) is 12.9. The van der Waals surface area contributed by atoms with E-state index in [-0.39, 0.29) is 23.8 Å². The lowest BCUT2D eigenvalue weighted by Gasteiger charge is -2.38. The monoisotopic (exact) mass is 276 g/mol. The van der Waals surface area contributed by atoms with Crippen molar-refractivity contribution in [1.29, 1.82) is 0 Å². The van der Waals surface area contributed by atoms with Crippen molar-refractivity contribution in [3.05, 3.63) is 23.8 Å². The van der Waals surface area contributed by atoms with Gasteiger partial charge in [-0.25, -0.2) is 0 Å². The molecule has 1 saturated heterocycles. The molecule has 1 aromatic carbocycles. The zero-order valence-electron chi connectivity index (χ0n) is 11.2. The summed E-state index contributed by atoms with van der Waals surface area (Å²) in [7, 11) is 0. The minimum absolute atomic E-state index is 0.0204. The Morgan fingerprint density at radius 2 is 2.25 bits per heavy atom. The highest BCUT2D eigenvalue weighted by atomic mass is 16.5. The van der Waals surface area contributed by atoms with Crippen LogP contribution in [0.4, 0.5) is 5.69 Å². The van der Waals surface area contributed by atoms with Gasteiger partial charge in [0.05, 0.1) is 18.9 Å². The molecule has 0 bridgehead atoms. The van der Waals surface area contributed by atoms with E-state index in [2.05, 4.69) is 17.6 Å². The molecule has 0 aromatic heterocycles. The lowest BCUT2D eigenvalue weighted by molar-refractivity contribution is -0.118. The zero-order valence-corrected chi connectivity index (χ0v) is 11.2. The second kappa shape index (κ2) is 4.79. The van der Waals surface area contributed by atoms with Gasteiger partial charge in [0.2, 0.25) is 0 Å². The molecule has 2 heterocycles. The maximum Gasteiger partial charge on any atom is 0.262 e. The Hall–Kier alpha value is -2.08. The topological polar surface area (TPSA) is 76.7 Å². The number of anilines is 1. The van der Waals surface area contributed by atoms with Gasteiger partial charge in [0, 0.05) is 17.5 Å². The van der Waals surface area contributed by atoms with E-state index in [1.165, 1.54) is 0 Å². The lowest BCUT2D eigenvalue weighted by atomic mass is 9.88. The van der Waals surface area contributed by atoms with Crippen LogP contribution in [0, 0.1) is 5.41 Å². The van der Waals surface area contributed by atoms with Crippen LogP contribution in [-0.2, 0) is 9.53 Å². The summed E-state index contributed by atoms with van der Waals surface area (Å²) in [5.74, 6) is 0.185. The molecule has 0 saturated carbocycles. The Kier molecular flexibility index (Phi) is 3.10. The van der Waals surface area contributed by atoms with Gasteiger partial charge in [-0.15, -0.1) is 0 Å². The summed E-state index contributed by atoms with van der Waals surface area (Å²) in [6.45, 7) is 3.98. The fourth-order valence-corrected chi connectivity index (χ4v) is 2.16. The molecule has 0 aliphatic carbocycles. The molecule has 2 aliphatic rings. The van der Waals surface area contributed by atoms with Gasteiger partial charge >= 0.3 is 0 Å². The van der Waals surface area contributed by atoms with Crippen LogP contribution < -0.4 is 15.4 Å². The molecule has 2 N–H and O–H groups in total. The van der Waals surface area contributed by atoms with E-state index in [9.17, 15) is 9.59 Å². The molecule has 2 amide bonds. The molecule has 1 fully saturated rings. The largest absolute Gasteiger partial charge is 0.482 e. The predicted molar refractivity (Wildman–Crippen MR) is 71.8 cm³/mol. The molecule has 0 radical (unpaired) electrons. The molecule has 6 heteroatoms. The number of rotatable bonds is 3. The molecule has 20 heavy (non-hydrogen) atoms. The fraction of sp³-hybridized carbons (Fsp3) is 0.429. The number of fused-ring (bicyclic) bond motifs is 1. The zero-order chi connectivity index (χ0) is 14.2. The second-order valence-corrected chi connectivity index (χ2v) is 5.53. The molecule has 106 valence electrons. The van der Waals surface area contributed by atoms with Crippen molar-refractivity contribution in [3.63, 3.8) is 0 Å². The predicted octanol–water partition coefficient (Wildman–Crippen LogP) is 0.784. The summed E-state index contributed by atoms with van der Waals surface area (Å²) in [6.07, 6.45) is 0. The normalized spacial score (nSPS) is 19.1. The van der Waals surface area contributed by atoms with Crippen LogP contribution in [0.3, 0.4) is 0 Å². The maximum absolute atomic E-state index is 12.1. The minimum Gasteiger partial charge on any atom is -0.482 e. The van der Waals surface area contributed by atoms with Gasteiger partial charge in [-0.05, 0) is 18.2 Å². The molecule has 2 aliphatic heterocycles. The van der Waals surface area contributed by atoms with Gasteiger partial charge in [-0.1, -0.05) is 6.92 Å². The van der Waals surface area contributed by atoms with Crippen molar-refractivity contribution >= 4 is 17.5 Å². The van der Waals surface area contributed by atoms with Crippen LogP contribution in [-0.4, -0.2) is 38.2 Å². The Balaban J connectivity index is 1.67. The SMILES string of the molecule is CC1(CNC(=O)c2ccc3c(c2)OCC(=O)N3)COC1. The Morgan fingerprint density at radius 1 is 1.45 bits per heavy atom. The van der Waals surface area contributed by atoms with Crippen LogP contribution in [0.5, 0.6) is 5.75 Å². The molecular weight excluding hydrogens is 260 g/mol. The standard InChI is InChI=1S/C14H16N2O4/c1-14(7-19-8-14)6-15-13(18)9-2-3-10-11(4-9)20-5-12(17)16-10/h2-4H,5-8H2,1H3,(H,15,18)(H,16,17). The number of amides is 2. The number of benzene rings is 1. The average Bonchev–Trinajstić information content (AvgIpc) is 2.42. The summed E-state index contributed by atoms with van der Waals surface area (Å²) in [5, 5.41) is 5.58. The number of carbonyl (C=O) groups is 2. The van der Waals surface area contributed by atoms with Crippen LogP contribution >= 0.6 is 0 Å². The number of hydrogen-bond donors (Lipinski definition) is 2. The van der Waals surface area contributed by atoms with Crippen molar-refractivity contribution in [1.82, 2.24) is 5.32 Å². The molecule has 0 unspecified atom stereocenters. The van der Waals surface area contributed by atoms with Crippen molar-refractivity contribution in [2.45, 2.75) is 6.92 Å². The highest BCUT2D eigenvalue weighted by Gasteiger charge is 2.33. The third-order valence-electron chi connectivity index (χ3n) is 3.45. The average molecular weight is 276 g/mol. The minimum atomic E-state index is -0.187. The third-order valence-corrected chi connectivity index (χ3v) is 3.45. The molecule has 1 aromatic rings. The second-order valence-electron chi connectivity index (χ2n) is 5.53. The molecule has 3 rings (SSSR count). The molecule has 0 atom stereocenters. The van der Waals surface area contributed by atoms with Crippen molar-refractivity contribution in [2.24, 2.45) is 5.41 Å². The Bertz CT molecular complexity index is 566. The Labute approximate surface area is 116 Å². The van der Waals surface area contributed by atoms with E-state index in [0.717, 1.165) is 0 Å². The van der Waals surface area contributed by atoms with Gasteiger partial charge < -0.3 is 20.1 Å². The summed E-state index contributed by atoms with van der Waals surface area (Å²) < 4.78 is 10.4. The van der Waals surface area contributed by atoms with Gasteiger partial charge in [-0.2, -0.15) is 0 Å². The Morgan fingerprint density at radius 3 is 2.95 bits per heavy atom. The summed E-state index contributed by atoms with van der Waals surface area (Å²) >= 11 is 0. The first-order chi connectivity index (χ1) is 9.56. The van der Waals surface area contributed by atoms with Crippen molar-refractivity contribution in [2.75, 3.05) is 31.7 Å². The number of nitrogens with one attached hydrogen (secondary N) is 2. The van der Waals surface area contributed by atoms with Crippen LogP contribution in [0.1, 0.15) is 17.3 Å². The molecule has 6 nitrogen and oxygen atoms in total. The van der Waals surface area contributed by atoms with Crippen molar-refractivity contribution in [3.8, 4) is 5.75 Å². The summed E-state index contributed by atoms with van der Waals surface area (Å²) in [5.41, 5.74) is 1.15. The van der Waals surface area contributed by atoms with E-state index >= 15 is 0 Å². The first-order valence-corrected chi connectivity index (χ1v) is 6.48. The van der Waals surface area contributed by atoms with Gasteiger partial charge in [-0.3, -0.25) is 9.59 Å². The summed E-state index contributed by atoms with van der Waals surface area (Å²) in [4.78, 5) is 23.3. The highest BCUT2D eigenvalue weighted by molar-refractivity contribution is 5.98. The van der Waals surface area contributed by atoms with Crippen molar-refractivity contribution < 1.29 is 19.1 Å². The van der Waals surface area contributed by atoms with Gasteiger partial charge in [0.25, 0.3) is 11.8 Å². The van der Waals surface area contributed by atoms with E-state index in [1.807, 2.05) is 0 Å². The van der Waals surface area contributed by atoms with Crippen LogP contribution in [0.25, 0.3) is 0 Å². The van der Waals surface area contributed by atoms with E-state index in [4.69, 9.17) is 9.47 Å². The summed E-state index contributed by atoms with van der Waals surface area (Å²) in [6, 6.07) is 4.99. The first-order valence-electron chi connectivity index (χ1n) is 6.48. The highest BCUT2D eigenvalue weighted by Crippen LogP contribution is 2.29. The molecular formula is C14H16N2O4. The van der Waals surface area contributed by atoms with Crippen LogP contribution in [0.15, 0.2) is 18.2 Å². The van der Waals surface area contributed by atoms with Gasteiger partial charge in [0.1, 0.15) is 5.75 Å². The van der Waals surface area contributed by atoms with E-state index < -0.39 is 0 Å². The fourth-order valence-electron chi connectivity index (χ4n) is 2.16. The smallest absolute Gasteiger partial charge is 0.262 e. The number of hydrogen-bond acceptors (Lipinski definition) is 4. The third kappa shape index (κ3) is 2.46.